The first-order valence-electron chi connectivity index (χ1n) is 6.22. The standard InChI is InChI=1S/C14H14BrN3O2S/c1-9(21-11-6-4-10(15)5-7-11)13(19)17-18-14(20)12-3-2-8-16-12/h2-9,16H,1H3,(H,17,19)(H,18,20). The fourth-order valence-corrected chi connectivity index (χ4v) is 2.66. The van der Waals surface area contributed by atoms with Crippen molar-refractivity contribution < 1.29 is 9.59 Å². The number of hydrogen-bond donors (Lipinski definition) is 3. The molecule has 2 amide bonds. The van der Waals surface area contributed by atoms with Crippen molar-refractivity contribution >= 4 is 39.5 Å². The van der Waals surface area contributed by atoms with Crippen LogP contribution in [0.3, 0.4) is 0 Å². The van der Waals surface area contributed by atoms with E-state index in [-0.39, 0.29) is 17.1 Å². The summed E-state index contributed by atoms with van der Waals surface area (Å²) >= 11 is 4.78. The van der Waals surface area contributed by atoms with Gasteiger partial charge in [-0.3, -0.25) is 20.4 Å². The van der Waals surface area contributed by atoms with Gasteiger partial charge in [-0.05, 0) is 43.3 Å². The zero-order valence-electron chi connectivity index (χ0n) is 11.2. The highest BCUT2D eigenvalue weighted by Crippen LogP contribution is 2.24. The summed E-state index contributed by atoms with van der Waals surface area (Å²) in [5.41, 5.74) is 5.18. The van der Waals surface area contributed by atoms with Crippen LogP contribution in [-0.2, 0) is 4.79 Å². The molecule has 0 fully saturated rings. The second-order valence-corrected chi connectivity index (χ2v) is 6.57. The van der Waals surface area contributed by atoms with Crippen LogP contribution in [0.4, 0.5) is 0 Å². The Hall–Kier alpha value is -1.73. The topological polar surface area (TPSA) is 74.0 Å². The molecule has 5 nitrogen and oxygen atoms in total. The number of thioether (sulfide) groups is 1. The van der Waals surface area contributed by atoms with Crippen LogP contribution in [-0.4, -0.2) is 22.0 Å². The summed E-state index contributed by atoms with van der Waals surface area (Å²) in [7, 11) is 0. The Morgan fingerprint density at radius 1 is 1.19 bits per heavy atom. The molecule has 1 heterocycles. The number of rotatable bonds is 4. The Balaban J connectivity index is 1.82. The maximum absolute atomic E-state index is 11.9. The second kappa shape index (κ2) is 7.33. The third kappa shape index (κ3) is 4.64. The second-order valence-electron chi connectivity index (χ2n) is 4.24. The molecule has 1 unspecified atom stereocenters. The molecule has 2 rings (SSSR count). The van der Waals surface area contributed by atoms with E-state index < -0.39 is 0 Å². The number of aromatic amines is 1. The number of amides is 2. The minimum atomic E-state index is -0.380. The molecule has 0 aliphatic heterocycles. The summed E-state index contributed by atoms with van der Waals surface area (Å²) in [5.74, 6) is -0.642. The molecule has 1 atom stereocenters. The van der Waals surface area contributed by atoms with E-state index in [4.69, 9.17) is 0 Å². The van der Waals surface area contributed by atoms with Gasteiger partial charge in [0.05, 0.1) is 5.25 Å². The normalized spacial score (nSPS) is 11.7. The molecule has 0 spiro atoms. The summed E-state index contributed by atoms with van der Waals surface area (Å²) in [6.07, 6.45) is 1.64. The van der Waals surface area contributed by atoms with Gasteiger partial charge in [-0.1, -0.05) is 15.9 Å². The molecule has 7 heteroatoms. The summed E-state index contributed by atoms with van der Waals surface area (Å²) < 4.78 is 0.988. The van der Waals surface area contributed by atoms with Gasteiger partial charge in [0, 0.05) is 15.6 Å². The highest BCUT2D eigenvalue weighted by molar-refractivity contribution is 9.10. The van der Waals surface area contributed by atoms with Gasteiger partial charge >= 0.3 is 0 Å². The Morgan fingerprint density at radius 2 is 1.90 bits per heavy atom. The van der Waals surface area contributed by atoms with E-state index in [2.05, 4.69) is 31.8 Å². The number of halogens is 1. The van der Waals surface area contributed by atoms with Crippen molar-refractivity contribution in [2.75, 3.05) is 0 Å². The third-order valence-electron chi connectivity index (χ3n) is 2.64. The first kappa shape index (κ1) is 15.7. The van der Waals surface area contributed by atoms with Crippen LogP contribution in [0.15, 0.2) is 52.0 Å². The first-order chi connectivity index (χ1) is 10.1. The van der Waals surface area contributed by atoms with Gasteiger partial charge in [-0.25, -0.2) is 0 Å². The van der Waals surface area contributed by atoms with Crippen molar-refractivity contribution in [3.05, 3.63) is 52.8 Å². The van der Waals surface area contributed by atoms with Gasteiger partial charge in [-0.2, -0.15) is 0 Å². The molecule has 3 N–H and O–H groups in total. The Kier molecular flexibility index (Phi) is 5.46. The molecule has 0 aliphatic rings. The van der Waals surface area contributed by atoms with E-state index in [0.717, 1.165) is 9.37 Å². The van der Waals surface area contributed by atoms with Gasteiger partial charge in [-0.15, -0.1) is 11.8 Å². The van der Waals surface area contributed by atoms with Crippen LogP contribution in [0.5, 0.6) is 0 Å². The van der Waals surface area contributed by atoms with Crippen molar-refractivity contribution in [3.8, 4) is 0 Å². The highest BCUT2D eigenvalue weighted by Gasteiger charge is 2.15. The van der Waals surface area contributed by atoms with Crippen molar-refractivity contribution in [1.82, 2.24) is 15.8 Å². The van der Waals surface area contributed by atoms with E-state index in [1.165, 1.54) is 11.8 Å². The molecular weight excluding hydrogens is 354 g/mol. The molecule has 0 saturated heterocycles. The van der Waals surface area contributed by atoms with Gasteiger partial charge in [0.1, 0.15) is 5.69 Å². The summed E-state index contributed by atoms with van der Waals surface area (Å²) in [6, 6.07) is 11.0. The van der Waals surface area contributed by atoms with E-state index >= 15 is 0 Å². The van der Waals surface area contributed by atoms with Crippen molar-refractivity contribution in [1.29, 1.82) is 0 Å². The lowest BCUT2D eigenvalue weighted by Crippen LogP contribution is -2.45. The zero-order valence-corrected chi connectivity index (χ0v) is 13.6. The Bertz CT molecular complexity index is 614. The van der Waals surface area contributed by atoms with Crippen LogP contribution < -0.4 is 10.9 Å². The fourth-order valence-electron chi connectivity index (χ4n) is 1.53. The lowest BCUT2D eigenvalue weighted by Gasteiger charge is -2.12. The smallest absolute Gasteiger partial charge is 0.286 e. The molecule has 0 bridgehead atoms. The van der Waals surface area contributed by atoms with Gasteiger partial charge < -0.3 is 4.98 Å². The predicted molar refractivity (Wildman–Crippen MR) is 85.9 cm³/mol. The van der Waals surface area contributed by atoms with Crippen molar-refractivity contribution in [2.24, 2.45) is 0 Å². The summed E-state index contributed by atoms with van der Waals surface area (Å²) in [4.78, 5) is 27.3. The average molecular weight is 368 g/mol. The van der Waals surface area contributed by atoms with Crippen LogP contribution in [0.1, 0.15) is 17.4 Å². The van der Waals surface area contributed by atoms with Crippen LogP contribution in [0, 0.1) is 0 Å². The van der Waals surface area contributed by atoms with E-state index in [9.17, 15) is 9.59 Å². The van der Waals surface area contributed by atoms with E-state index in [1.54, 1.807) is 25.3 Å². The molecule has 110 valence electrons. The molecule has 21 heavy (non-hydrogen) atoms. The molecule has 1 aromatic heterocycles. The lowest BCUT2D eigenvalue weighted by atomic mass is 10.4. The number of hydrogen-bond acceptors (Lipinski definition) is 3. The first-order valence-corrected chi connectivity index (χ1v) is 7.89. The fraction of sp³-hybridized carbons (Fsp3) is 0.143. The summed E-state index contributed by atoms with van der Waals surface area (Å²) in [5, 5.41) is -0.324. The van der Waals surface area contributed by atoms with Crippen LogP contribution >= 0.6 is 27.7 Å². The number of carbonyl (C=O) groups is 2. The van der Waals surface area contributed by atoms with Crippen LogP contribution in [0.25, 0.3) is 0 Å². The molecule has 1 aromatic carbocycles. The quantitative estimate of drug-likeness (QED) is 0.574. The van der Waals surface area contributed by atoms with Gasteiger partial charge in [0.2, 0.25) is 0 Å². The lowest BCUT2D eigenvalue weighted by molar-refractivity contribution is -0.121. The predicted octanol–water partition coefficient (Wildman–Crippen LogP) is 2.72. The molecule has 0 saturated carbocycles. The van der Waals surface area contributed by atoms with E-state index in [0.29, 0.717) is 5.69 Å². The zero-order chi connectivity index (χ0) is 15.2. The number of carbonyl (C=O) groups excluding carboxylic acids is 2. The molecule has 0 aliphatic carbocycles. The minimum absolute atomic E-state index is 0.261. The third-order valence-corrected chi connectivity index (χ3v) is 4.28. The number of hydrazine groups is 1. The Morgan fingerprint density at radius 3 is 2.52 bits per heavy atom. The molecular formula is C14H14BrN3O2S. The van der Waals surface area contributed by atoms with Crippen LogP contribution in [0.2, 0.25) is 0 Å². The van der Waals surface area contributed by atoms with Gasteiger partial charge in [0.15, 0.2) is 0 Å². The number of aromatic nitrogens is 1. The number of nitrogens with one attached hydrogen (secondary N) is 3. The summed E-state index contributed by atoms with van der Waals surface area (Å²) in [6.45, 7) is 1.78. The maximum atomic E-state index is 11.9. The highest BCUT2D eigenvalue weighted by atomic mass is 79.9. The largest absolute Gasteiger partial charge is 0.357 e. The van der Waals surface area contributed by atoms with Gasteiger partial charge in [0.25, 0.3) is 11.8 Å². The van der Waals surface area contributed by atoms with Crippen molar-refractivity contribution in [2.45, 2.75) is 17.1 Å². The van der Waals surface area contributed by atoms with E-state index in [1.807, 2.05) is 24.3 Å². The molecule has 2 aromatic rings. The van der Waals surface area contributed by atoms with Crippen molar-refractivity contribution in [3.63, 3.8) is 0 Å². The SMILES string of the molecule is CC(Sc1ccc(Br)cc1)C(=O)NNC(=O)c1ccc[nH]1. The average Bonchev–Trinajstić information content (AvgIpc) is 3.01. The minimum Gasteiger partial charge on any atom is -0.357 e. The Labute approximate surface area is 135 Å². The number of benzene rings is 1. The molecule has 0 radical (unpaired) electrons. The number of H-pyrrole nitrogens is 1. The monoisotopic (exact) mass is 367 g/mol. The maximum Gasteiger partial charge on any atom is 0.286 e.